The monoisotopic (exact) mass is 418 g/mol. The topological polar surface area (TPSA) is 69.3 Å². The van der Waals surface area contributed by atoms with Crippen LogP contribution in [0.2, 0.25) is 0 Å². The molecule has 0 fully saturated rings. The van der Waals surface area contributed by atoms with Crippen molar-refractivity contribution in [3.63, 3.8) is 0 Å². The summed E-state index contributed by atoms with van der Waals surface area (Å²) < 4.78 is 3.39. The van der Waals surface area contributed by atoms with Crippen molar-refractivity contribution < 1.29 is 4.79 Å². The molecule has 2 heterocycles. The standard InChI is InChI=1S/C23H22N4O2S/c1-4-14-26-21(29)18-8-6-7-9-19(18)27-22(26)24-25-23(27)30-15(3)20(28)17-12-10-16(5-2)11-13-17/h4,6-13,15H,1,5,14H2,2-3H3/t15-/m0/s1. The van der Waals surface area contributed by atoms with E-state index in [1.807, 2.05) is 53.8 Å². The second-order valence-electron chi connectivity index (χ2n) is 7.01. The van der Waals surface area contributed by atoms with E-state index in [1.54, 1.807) is 16.7 Å². The molecule has 152 valence electrons. The summed E-state index contributed by atoms with van der Waals surface area (Å²) in [5.74, 6) is 0.469. The molecule has 1 atom stereocenters. The predicted octanol–water partition coefficient (Wildman–Crippen LogP) is 4.16. The molecule has 30 heavy (non-hydrogen) atoms. The molecule has 0 radical (unpaired) electrons. The zero-order chi connectivity index (χ0) is 21.3. The molecule has 0 saturated heterocycles. The maximum Gasteiger partial charge on any atom is 0.263 e. The number of Topliss-reactive ketones (excluding diaryl/α,β-unsaturated/α-hetero) is 1. The lowest BCUT2D eigenvalue weighted by Gasteiger charge is -2.12. The smallest absolute Gasteiger partial charge is 0.263 e. The molecule has 7 heteroatoms. The zero-order valence-electron chi connectivity index (χ0n) is 16.9. The van der Waals surface area contributed by atoms with Crippen molar-refractivity contribution >= 4 is 34.2 Å². The molecule has 6 nitrogen and oxygen atoms in total. The number of para-hydroxylation sites is 1. The summed E-state index contributed by atoms with van der Waals surface area (Å²) in [4.78, 5) is 25.8. The van der Waals surface area contributed by atoms with Crippen LogP contribution in [0.5, 0.6) is 0 Å². The Kier molecular flexibility index (Phi) is 5.55. The van der Waals surface area contributed by atoms with Crippen molar-refractivity contribution in [1.82, 2.24) is 19.2 Å². The highest BCUT2D eigenvalue weighted by molar-refractivity contribution is 8.00. The minimum atomic E-state index is -0.358. The number of nitrogens with zero attached hydrogens (tertiary/aromatic N) is 4. The van der Waals surface area contributed by atoms with E-state index in [-0.39, 0.29) is 16.6 Å². The van der Waals surface area contributed by atoms with Crippen molar-refractivity contribution in [3.05, 3.63) is 82.7 Å². The molecule has 0 bridgehead atoms. The van der Waals surface area contributed by atoms with Gasteiger partial charge in [-0.05, 0) is 31.0 Å². The molecule has 0 aliphatic carbocycles. The van der Waals surface area contributed by atoms with Gasteiger partial charge in [0.15, 0.2) is 10.9 Å². The highest BCUT2D eigenvalue weighted by Gasteiger charge is 2.22. The predicted molar refractivity (Wildman–Crippen MR) is 120 cm³/mol. The van der Waals surface area contributed by atoms with E-state index in [0.29, 0.717) is 28.4 Å². The molecule has 2 aromatic carbocycles. The van der Waals surface area contributed by atoms with E-state index in [4.69, 9.17) is 0 Å². The Morgan fingerprint density at radius 3 is 2.60 bits per heavy atom. The molecule has 0 unspecified atom stereocenters. The molecular formula is C23H22N4O2S. The summed E-state index contributed by atoms with van der Waals surface area (Å²) in [5, 5.41) is 9.34. The molecule has 0 saturated carbocycles. The molecule has 0 aliphatic rings. The van der Waals surface area contributed by atoms with Crippen LogP contribution in [0.25, 0.3) is 16.7 Å². The second-order valence-corrected chi connectivity index (χ2v) is 8.32. The van der Waals surface area contributed by atoms with Crippen LogP contribution in [0.15, 0.2) is 71.1 Å². The van der Waals surface area contributed by atoms with E-state index < -0.39 is 0 Å². The van der Waals surface area contributed by atoms with Gasteiger partial charge < -0.3 is 0 Å². The van der Waals surface area contributed by atoms with Crippen LogP contribution in [-0.2, 0) is 13.0 Å². The van der Waals surface area contributed by atoms with Crippen LogP contribution in [0.1, 0.15) is 29.8 Å². The molecule has 2 aromatic heterocycles. The Morgan fingerprint density at radius 2 is 1.90 bits per heavy atom. The van der Waals surface area contributed by atoms with Crippen LogP contribution in [0, 0.1) is 0 Å². The number of fused-ring (bicyclic) bond motifs is 3. The summed E-state index contributed by atoms with van der Waals surface area (Å²) in [7, 11) is 0. The largest absolute Gasteiger partial charge is 0.293 e. The number of allylic oxidation sites excluding steroid dienone is 1. The number of hydrogen-bond donors (Lipinski definition) is 0. The number of carbonyl (C=O) groups is 1. The first-order chi connectivity index (χ1) is 14.5. The normalized spacial score (nSPS) is 12.3. The fraction of sp³-hybridized carbons (Fsp3) is 0.217. The average Bonchev–Trinajstić information content (AvgIpc) is 3.19. The number of hydrogen-bond acceptors (Lipinski definition) is 5. The first kappa shape index (κ1) is 20.1. The molecular weight excluding hydrogens is 396 g/mol. The third-order valence-electron chi connectivity index (χ3n) is 5.09. The van der Waals surface area contributed by atoms with Gasteiger partial charge in [0.05, 0.1) is 16.2 Å². The van der Waals surface area contributed by atoms with Gasteiger partial charge in [0.1, 0.15) is 0 Å². The van der Waals surface area contributed by atoms with Gasteiger partial charge in [0.2, 0.25) is 5.78 Å². The zero-order valence-corrected chi connectivity index (χ0v) is 17.7. The number of thioether (sulfide) groups is 1. The van der Waals surface area contributed by atoms with Crippen LogP contribution in [-0.4, -0.2) is 30.2 Å². The Balaban J connectivity index is 1.76. The Bertz CT molecular complexity index is 1300. The Morgan fingerprint density at radius 1 is 1.17 bits per heavy atom. The van der Waals surface area contributed by atoms with Crippen LogP contribution in [0.3, 0.4) is 0 Å². The number of ketones is 1. The van der Waals surface area contributed by atoms with Gasteiger partial charge in [-0.15, -0.1) is 16.8 Å². The summed E-state index contributed by atoms with van der Waals surface area (Å²) in [6, 6.07) is 15.1. The Hall–Kier alpha value is -3.19. The third-order valence-corrected chi connectivity index (χ3v) is 6.13. The maximum atomic E-state index is 12.9. The van der Waals surface area contributed by atoms with Crippen molar-refractivity contribution in [2.45, 2.75) is 37.2 Å². The lowest BCUT2D eigenvalue weighted by atomic mass is 10.1. The van der Waals surface area contributed by atoms with Crippen molar-refractivity contribution in [3.8, 4) is 0 Å². The van der Waals surface area contributed by atoms with Gasteiger partial charge in [-0.3, -0.25) is 18.6 Å². The fourth-order valence-corrected chi connectivity index (χ4v) is 4.39. The minimum absolute atomic E-state index is 0.0307. The first-order valence-electron chi connectivity index (χ1n) is 9.82. The quantitative estimate of drug-likeness (QED) is 0.256. The summed E-state index contributed by atoms with van der Waals surface area (Å²) in [5.41, 5.74) is 2.45. The number of aromatic nitrogens is 4. The molecule has 4 aromatic rings. The third kappa shape index (κ3) is 3.45. The van der Waals surface area contributed by atoms with Crippen LogP contribution < -0.4 is 5.56 Å². The van der Waals surface area contributed by atoms with E-state index in [0.717, 1.165) is 11.9 Å². The van der Waals surface area contributed by atoms with Crippen molar-refractivity contribution in [2.24, 2.45) is 0 Å². The molecule has 0 spiro atoms. The van der Waals surface area contributed by atoms with Gasteiger partial charge in [-0.25, -0.2) is 0 Å². The number of carbonyl (C=O) groups excluding carboxylic acids is 1. The van der Waals surface area contributed by atoms with Gasteiger partial charge in [0.25, 0.3) is 5.56 Å². The summed E-state index contributed by atoms with van der Waals surface area (Å²) in [6.45, 7) is 8.02. The molecule has 4 rings (SSSR count). The molecule has 0 N–H and O–H groups in total. The Labute approximate surface area is 178 Å². The van der Waals surface area contributed by atoms with E-state index in [1.165, 1.54) is 17.3 Å². The minimum Gasteiger partial charge on any atom is -0.293 e. The van der Waals surface area contributed by atoms with E-state index in [9.17, 15) is 9.59 Å². The van der Waals surface area contributed by atoms with Gasteiger partial charge in [0, 0.05) is 12.1 Å². The summed E-state index contributed by atoms with van der Waals surface area (Å²) >= 11 is 1.34. The average molecular weight is 419 g/mol. The number of benzene rings is 2. The highest BCUT2D eigenvalue weighted by Crippen LogP contribution is 2.27. The maximum absolute atomic E-state index is 12.9. The molecule has 0 aliphatic heterocycles. The first-order valence-corrected chi connectivity index (χ1v) is 10.7. The molecule has 0 amide bonds. The SMILES string of the molecule is C=CCn1c(=O)c2ccccc2n2c(S[C@@H](C)C(=O)c3ccc(CC)cc3)nnc12. The fourth-order valence-electron chi connectivity index (χ4n) is 3.45. The van der Waals surface area contributed by atoms with Crippen molar-refractivity contribution in [1.29, 1.82) is 0 Å². The lowest BCUT2D eigenvalue weighted by molar-refractivity contribution is 0.0994. The van der Waals surface area contributed by atoms with Gasteiger partial charge in [-0.1, -0.05) is 61.2 Å². The van der Waals surface area contributed by atoms with E-state index >= 15 is 0 Å². The van der Waals surface area contributed by atoms with Crippen molar-refractivity contribution in [2.75, 3.05) is 0 Å². The highest BCUT2D eigenvalue weighted by atomic mass is 32.2. The summed E-state index contributed by atoms with van der Waals surface area (Å²) in [6.07, 6.45) is 2.59. The van der Waals surface area contributed by atoms with Gasteiger partial charge in [-0.2, -0.15) is 0 Å². The lowest BCUT2D eigenvalue weighted by Crippen LogP contribution is -2.23. The van der Waals surface area contributed by atoms with Crippen LogP contribution in [0.4, 0.5) is 0 Å². The van der Waals surface area contributed by atoms with E-state index in [2.05, 4.69) is 23.7 Å². The van der Waals surface area contributed by atoms with Crippen LogP contribution >= 0.6 is 11.8 Å². The van der Waals surface area contributed by atoms with Gasteiger partial charge >= 0.3 is 0 Å². The second kappa shape index (κ2) is 8.28. The number of rotatable bonds is 7. The number of aryl methyl sites for hydroxylation is 1.